The molecule has 5 aromatic rings. The number of fused-ring (bicyclic) bond motifs is 2. The second-order valence-electron chi connectivity index (χ2n) is 8.44. The van der Waals surface area contributed by atoms with Crippen LogP contribution in [0, 0.1) is 13.8 Å². The van der Waals surface area contributed by atoms with Gasteiger partial charge >= 0.3 is 0 Å². The van der Waals surface area contributed by atoms with Gasteiger partial charge in [-0.3, -0.25) is 9.69 Å². The Morgan fingerprint density at radius 3 is 2.64 bits per heavy atom. The van der Waals surface area contributed by atoms with E-state index < -0.39 is 5.56 Å². The van der Waals surface area contributed by atoms with Crippen LogP contribution in [0.3, 0.4) is 0 Å². The maximum atomic E-state index is 12.6. The van der Waals surface area contributed by atoms with Crippen LogP contribution in [0.1, 0.15) is 11.1 Å². The van der Waals surface area contributed by atoms with Gasteiger partial charge in [-0.05, 0) is 64.3 Å². The monoisotopic (exact) mass is 443 g/mol. The number of nitrogens with one attached hydrogen (secondary N) is 2. The van der Waals surface area contributed by atoms with E-state index in [-0.39, 0.29) is 11.3 Å². The number of benzene rings is 2. The number of rotatable bonds is 5. The first-order chi connectivity index (χ1) is 15.8. The largest absolute Gasteiger partial charge is 0.454 e. The van der Waals surface area contributed by atoms with Crippen molar-refractivity contribution in [2.75, 3.05) is 31.8 Å². The molecule has 0 bridgehead atoms. The minimum Gasteiger partial charge on any atom is -0.454 e. The number of furan rings is 1. The van der Waals surface area contributed by atoms with Crippen molar-refractivity contribution in [3.63, 3.8) is 0 Å². The molecule has 0 aliphatic carbocycles. The van der Waals surface area contributed by atoms with Crippen molar-refractivity contribution in [2.24, 2.45) is 0 Å². The lowest BCUT2D eigenvalue weighted by molar-refractivity contribution is 0.440. The quantitative estimate of drug-likeness (QED) is 0.355. The van der Waals surface area contributed by atoms with Crippen molar-refractivity contribution < 1.29 is 4.42 Å². The van der Waals surface area contributed by atoms with Crippen molar-refractivity contribution in [2.45, 2.75) is 13.8 Å². The summed E-state index contributed by atoms with van der Waals surface area (Å²) < 4.78 is 7.98. The number of hydrogen-bond acceptors (Lipinski definition) is 7. The fourth-order valence-corrected chi connectivity index (χ4v) is 3.97. The summed E-state index contributed by atoms with van der Waals surface area (Å²) in [5.74, 6) is 0.790. The molecule has 0 saturated heterocycles. The van der Waals surface area contributed by atoms with E-state index in [1.807, 2.05) is 69.2 Å². The first-order valence-corrected chi connectivity index (χ1v) is 10.6. The molecule has 9 heteroatoms. The van der Waals surface area contributed by atoms with Crippen LogP contribution >= 0.6 is 0 Å². The Hall–Kier alpha value is -4.11. The number of nitrogens with two attached hydrogens (primary N) is 1. The van der Waals surface area contributed by atoms with Gasteiger partial charge in [-0.1, -0.05) is 11.6 Å². The van der Waals surface area contributed by atoms with E-state index >= 15 is 0 Å². The molecule has 0 atom stereocenters. The van der Waals surface area contributed by atoms with Crippen molar-refractivity contribution in [3.05, 3.63) is 63.9 Å². The molecule has 4 N–H and O–H groups in total. The molecule has 0 saturated carbocycles. The van der Waals surface area contributed by atoms with Gasteiger partial charge in [0.15, 0.2) is 17.1 Å². The normalized spacial score (nSPS) is 11.7. The highest BCUT2D eigenvalue weighted by Gasteiger charge is 2.25. The molecule has 168 valence electrons. The standard InChI is InChI=1S/C24H25N7O2/c1-13-5-10-18-17(11-13)14(2)22(33-18)21-19-20(24(32)28-27-23(19)25)29-31(21)16-8-6-15(7-9-16)26-12-30(3)4/h5-11,26H,12H2,1-4H3,(H2,25,27)(H,28,32). The first kappa shape index (κ1) is 20.8. The predicted octanol–water partition coefficient (Wildman–Crippen LogP) is 3.65. The van der Waals surface area contributed by atoms with E-state index in [0.717, 1.165) is 33.5 Å². The van der Waals surface area contributed by atoms with E-state index in [0.29, 0.717) is 23.5 Å². The lowest BCUT2D eigenvalue weighted by Gasteiger charge is -2.13. The zero-order valence-electron chi connectivity index (χ0n) is 18.9. The number of aromatic amines is 1. The molecule has 0 fully saturated rings. The van der Waals surface area contributed by atoms with Crippen LogP contribution in [-0.2, 0) is 0 Å². The van der Waals surface area contributed by atoms with Gasteiger partial charge in [-0.15, -0.1) is 0 Å². The summed E-state index contributed by atoms with van der Waals surface area (Å²) in [4.78, 5) is 14.6. The zero-order valence-corrected chi connectivity index (χ0v) is 18.9. The van der Waals surface area contributed by atoms with Crippen LogP contribution in [-0.4, -0.2) is 45.6 Å². The van der Waals surface area contributed by atoms with Crippen LogP contribution in [0.2, 0.25) is 0 Å². The average Bonchev–Trinajstić information content (AvgIpc) is 3.34. The Kier molecular flexibility index (Phi) is 4.90. The molecule has 33 heavy (non-hydrogen) atoms. The number of aryl methyl sites for hydroxylation is 2. The minimum atomic E-state index is -0.409. The minimum absolute atomic E-state index is 0.186. The average molecular weight is 444 g/mol. The molecule has 0 radical (unpaired) electrons. The SMILES string of the molecule is Cc1ccc2oc(-c3c4c(N)n[nH]c(=O)c4nn3-c3ccc(NCN(C)C)cc3)c(C)c2c1. The first-order valence-electron chi connectivity index (χ1n) is 10.6. The van der Waals surface area contributed by atoms with E-state index in [9.17, 15) is 4.79 Å². The highest BCUT2D eigenvalue weighted by molar-refractivity contribution is 6.02. The molecule has 3 aromatic heterocycles. The van der Waals surface area contributed by atoms with Gasteiger partial charge < -0.3 is 15.5 Å². The Bertz CT molecular complexity index is 1540. The van der Waals surface area contributed by atoms with Gasteiger partial charge in [0.05, 0.1) is 17.7 Å². The fourth-order valence-electron chi connectivity index (χ4n) is 3.97. The van der Waals surface area contributed by atoms with Crippen molar-refractivity contribution in [3.8, 4) is 17.1 Å². The molecule has 0 unspecified atom stereocenters. The predicted molar refractivity (Wildman–Crippen MR) is 131 cm³/mol. The molecule has 3 heterocycles. The molecular weight excluding hydrogens is 418 g/mol. The van der Waals surface area contributed by atoms with Crippen molar-refractivity contribution >= 4 is 33.4 Å². The Morgan fingerprint density at radius 1 is 1.15 bits per heavy atom. The Morgan fingerprint density at radius 2 is 1.91 bits per heavy atom. The van der Waals surface area contributed by atoms with Crippen LogP contribution in [0.5, 0.6) is 0 Å². The maximum Gasteiger partial charge on any atom is 0.292 e. The number of nitrogens with zero attached hydrogens (tertiary/aromatic N) is 4. The number of anilines is 2. The molecule has 2 aromatic carbocycles. The lowest BCUT2D eigenvalue weighted by atomic mass is 10.1. The van der Waals surface area contributed by atoms with E-state index in [4.69, 9.17) is 10.2 Å². The molecule has 5 rings (SSSR count). The van der Waals surface area contributed by atoms with E-state index in [1.165, 1.54) is 0 Å². The molecule has 0 aliphatic rings. The third kappa shape index (κ3) is 3.52. The second kappa shape index (κ2) is 7.79. The topological polar surface area (TPSA) is 118 Å². The molecule has 0 aliphatic heterocycles. The van der Waals surface area contributed by atoms with E-state index in [1.54, 1.807) is 4.68 Å². The molecule has 9 nitrogen and oxygen atoms in total. The van der Waals surface area contributed by atoms with Gasteiger partial charge in [-0.2, -0.15) is 10.2 Å². The summed E-state index contributed by atoms with van der Waals surface area (Å²) in [5.41, 5.74) is 11.2. The Labute approximate surface area is 189 Å². The van der Waals surface area contributed by atoms with Gasteiger partial charge in [0.2, 0.25) is 0 Å². The van der Waals surface area contributed by atoms with Gasteiger partial charge in [0, 0.05) is 16.6 Å². The third-order valence-corrected chi connectivity index (χ3v) is 5.65. The van der Waals surface area contributed by atoms with E-state index in [2.05, 4.69) is 26.7 Å². The van der Waals surface area contributed by atoms with Gasteiger partial charge in [0.25, 0.3) is 5.56 Å². The summed E-state index contributed by atoms with van der Waals surface area (Å²) in [6, 6.07) is 13.8. The van der Waals surface area contributed by atoms with Gasteiger partial charge in [-0.25, -0.2) is 9.78 Å². The summed E-state index contributed by atoms with van der Waals surface area (Å²) in [6.45, 7) is 4.75. The summed E-state index contributed by atoms with van der Waals surface area (Å²) in [7, 11) is 3.99. The summed E-state index contributed by atoms with van der Waals surface area (Å²) in [5, 5.41) is 15.8. The highest BCUT2D eigenvalue weighted by Crippen LogP contribution is 2.39. The number of nitrogen functional groups attached to an aromatic ring is 1. The van der Waals surface area contributed by atoms with Crippen LogP contribution in [0.15, 0.2) is 51.7 Å². The summed E-state index contributed by atoms with van der Waals surface area (Å²) >= 11 is 0. The molecule has 0 amide bonds. The van der Waals surface area contributed by atoms with Crippen molar-refractivity contribution in [1.29, 1.82) is 0 Å². The zero-order chi connectivity index (χ0) is 23.3. The number of H-pyrrole nitrogens is 1. The summed E-state index contributed by atoms with van der Waals surface area (Å²) in [6.07, 6.45) is 0. The lowest BCUT2D eigenvalue weighted by Crippen LogP contribution is -2.20. The second-order valence-corrected chi connectivity index (χ2v) is 8.44. The molecule has 0 spiro atoms. The smallest absolute Gasteiger partial charge is 0.292 e. The maximum absolute atomic E-state index is 12.6. The fraction of sp³-hybridized carbons (Fsp3) is 0.208. The highest BCUT2D eigenvalue weighted by atomic mass is 16.3. The Balaban J connectivity index is 1.75. The van der Waals surface area contributed by atoms with Crippen LogP contribution < -0.4 is 16.6 Å². The van der Waals surface area contributed by atoms with Gasteiger partial charge in [0.1, 0.15) is 11.3 Å². The van der Waals surface area contributed by atoms with Crippen LogP contribution in [0.25, 0.3) is 39.0 Å². The number of hydrogen-bond donors (Lipinski definition) is 3. The molecular formula is C24H25N7O2. The number of aromatic nitrogens is 4. The third-order valence-electron chi connectivity index (χ3n) is 5.65. The van der Waals surface area contributed by atoms with Crippen molar-refractivity contribution in [1.82, 2.24) is 24.9 Å². The van der Waals surface area contributed by atoms with Crippen LogP contribution in [0.4, 0.5) is 11.5 Å².